The molecule has 0 unspecified atom stereocenters. The van der Waals surface area contributed by atoms with Crippen molar-refractivity contribution >= 4 is 11.9 Å². The molecule has 0 amide bonds. The van der Waals surface area contributed by atoms with Crippen molar-refractivity contribution in [2.24, 2.45) is 0 Å². The van der Waals surface area contributed by atoms with Crippen LogP contribution in [0.5, 0.6) is 0 Å². The number of aromatic nitrogens is 2. The van der Waals surface area contributed by atoms with Gasteiger partial charge in [-0.15, -0.1) is 0 Å². The van der Waals surface area contributed by atoms with Crippen molar-refractivity contribution in [2.45, 2.75) is 18.9 Å². The maximum Gasteiger partial charge on any atom is 0.354 e. The van der Waals surface area contributed by atoms with Crippen molar-refractivity contribution in [3.63, 3.8) is 0 Å². The molecule has 0 aromatic carbocycles. The van der Waals surface area contributed by atoms with E-state index >= 15 is 0 Å². The second kappa shape index (κ2) is 5.09. The van der Waals surface area contributed by atoms with Crippen LogP contribution in [0.15, 0.2) is 12.3 Å². The molecule has 0 saturated carbocycles. The SMILES string of the molecule is CN(c1nccc(C(=O)O)n1)C1CCOCC1. The van der Waals surface area contributed by atoms with E-state index in [1.165, 1.54) is 12.3 Å². The second-order valence-corrected chi connectivity index (χ2v) is 4.00. The highest BCUT2D eigenvalue weighted by Crippen LogP contribution is 2.17. The van der Waals surface area contributed by atoms with Gasteiger partial charge in [-0.2, -0.15) is 0 Å². The number of anilines is 1. The minimum Gasteiger partial charge on any atom is -0.477 e. The molecule has 2 heterocycles. The first-order valence-electron chi connectivity index (χ1n) is 5.55. The molecule has 17 heavy (non-hydrogen) atoms. The van der Waals surface area contributed by atoms with Gasteiger partial charge in [0.2, 0.25) is 5.95 Å². The van der Waals surface area contributed by atoms with Gasteiger partial charge in [0.05, 0.1) is 0 Å². The molecule has 1 aromatic rings. The molecule has 0 atom stereocenters. The monoisotopic (exact) mass is 237 g/mol. The van der Waals surface area contributed by atoms with E-state index in [2.05, 4.69) is 9.97 Å². The van der Waals surface area contributed by atoms with Gasteiger partial charge in [0.15, 0.2) is 5.69 Å². The van der Waals surface area contributed by atoms with Crippen molar-refractivity contribution < 1.29 is 14.6 Å². The quantitative estimate of drug-likeness (QED) is 0.837. The summed E-state index contributed by atoms with van der Waals surface area (Å²) in [5.41, 5.74) is 0.0221. The number of carbonyl (C=O) groups is 1. The van der Waals surface area contributed by atoms with Crippen LogP contribution in [-0.4, -0.2) is 47.3 Å². The molecule has 1 aromatic heterocycles. The Labute approximate surface area is 99.2 Å². The van der Waals surface area contributed by atoms with Crippen molar-refractivity contribution in [3.8, 4) is 0 Å². The summed E-state index contributed by atoms with van der Waals surface area (Å²) in [6, 6.07) is 1.71. The van der Waals surface area contributed by atoms with Crippen LogP contribution >= 0.6 is 0 Å². The molecule has 0 aliphatic carbocycles. The van der Waals surface area contributed by atoms with Crippen LogP contribution in [-0.2, 0) is 4.74 Å². The fraction of sp³-hybridized carbons (Fsp3) is 0.545. The van der Waals surface area contributed by atoms with Gasteiger partial charge in [-0.3, -0.25) is 0 Å². The minimum atomic E-state index is -1.03. The summed E-state index contributed by atoms with van der Waals surface area (Å²) >= 11 is 0. The summed E-state index contributed by atoms with van der Waals surface area (Å²) in [6.07, 6.45) is 3.30. The van der Waals surface area contributed by atoms with Gasteiger partial charge < -0.3 is 14.7 Å². The van der Waals surface area contributed by atoms with Crippen LogP contribution in [0.3, 0.4) is 0 Å². The largest absolute Gasteiger partial charge is 0.477 e. The van der Waals surface area contributed by atoms with Crippen molar-refractivity contribution in [3.05, 3.63) is 18.0 Å². The van der Waals surface area contributed by atoms with Crippen LogP contribution in [0, 0.1) is 0 Å². The van der Waals surface area contributed by atoms with Gasteiger partial charge in [-0.25, -0.2) is 14.8 Å². The zero-order valence-corrected chi connectivity index (χ0v) is 9.67. The van der Waals surface area contributed by atoms with E-state index in [0.717, 1.165) is 26.1 Å². The van der Waals surface area contributed by atoms with E-state index in [9.17, 15) is 4.79 Å². The Balaban J connectivity index is 2.14. The van der Waals surface area contributed by atoms with Crippen LogP contribution in [0.4, 0.5) is 5.95 Å². The Hall–Kier alpha value is -1.69. The van der Waals surface area contributed by atoms with E-state index in [1.54, 1.807) is 0 Å². The average Bonchev–Trinajstić information content (AvgIpc) is 2.39. The summed E-state index contributed by atoms with van der Waals surface area (Å²) in [6.45, 7) is 1.46. The van der Waals surface area contributed by atoms with Crippen LogP contribution in [0.2, 0.25) is 0 Å². The lowest BCUT2D eigenvalue weighted by molar-refractivity contribution is 0.0689. The minimum absolute atomic E-state index is 0.0221. The Morgan fingerprint density at radius 1 is 1.53 bits per heavy atom. The zero-order chi connectivity index (χ0) is 12.3. The molecule has 0 radical (unpaired) electrons. The van der Waals surface area contributed by atoms with Crippen molar-refractivity contribution in [1.29, 1.82) is 0 Å². The first kappa shape index (κ1) is 11.8. The highest BCUT2D eigenvalue weighted by molar-refractivity contribution is 5.85. The Morgan fingerprint density at radius 3 is 2.88 bits per heavy atom. The summed E-state index contributed by atoms with van der Waals surface area (Å²) in [5, 5.41) is 8.87. The maximum absolute atomic E-state index is 10.8. The molecular formula is C11H15N3O3. The van der Waals surface area contributed by atoms with Gasteiger partial charge in [0.1, 0.15) is 0 Å². The zero-order valence-electron chi connectivity index (χ0n) is 9.67. The summed E-state index contributed by atoms with van der Waals surface area (Å²) in [5.74, 6) is -0.578. The number of rotatable bonds is 3. The van der Waals surface area contributed by atoms with E-state index in [1.807, 2.05) is 11.9 Å². The molecule has 92 valence electrons. The number of nitrogens with zero attached hydrogens (tertiary/aromatic N) is 3. The fourth-order valence-electron chi connectivity index (χ4n) is 1.87. The number of hydrogen-bond donors (Lipinski definition) is 1. The lowest BCUT2D eigenvalue weighted by Crippen LogP contribution is -2.37. The third kappa shape index (κ3) is 2.71. The second-order valence-electron chi connectivity index (χ2n) is 4.00. The predicted octanol–water partition coefficient (Wildman–Crippen LogP) is 0.790. The first-order valence-corrected chi connectivity index (χ1v) is 5.55. The topological polar surface area (TPSA) is 75.6 Å². The summed E-state index contributed by atoms with van der Waals surface area (Å²) in [7, 11) is 1.89. The maximum atomic E-state index is 10.8. The summed E-state index contributed by atoms with van der Waals surface area (Å²) < 4.78 is 5.29. The molecule has 6 heteroatoms. The van der Waals surface area contributed by atoms with Crippen molar-refractivity contribution in [2.75, 3.05) is 25.2 Å². The van der Waals surface area contributed by atoms with Gasteiger partial charge in [0, 0.05) is 32.5 Å². The van der Waals surface area contributed by atoms with E-state index in [0.29, 0.717) is 12.0 Å². The number of hydrogen-bond acceptors (Lipinski definition) is 5. The van der Waals surface area contributed by atoms with Crippen LogP contribution < -0.4 is 4.90 Å². The molecule has 1 aliphatic heterocycles. The lowest BCUT2D eigenvalue weighted by Gasteiger charge is -2.31. The Morgan fingerprint density at radius 2 is 2.24 bits per heavy atom. The van der Waals surface area contributed by atoms with Gasteiger partial charge in [0.25, 0.3) is 0 Å². The number of carboxylic acid groups (broad SMARTS) is 1. The Kier molecular flexibility index (Phi) is 3.53. The van der Waals surface area contributed by atoms with E-state index in [-0.39, 0.29) is 5.69 Å². The van der Waals surface area contributed by atoms with Crippen LogP contribution in [0.25, 0.3) is 0 Å². The smallest absolute Gasteiger partial charge is 0.354 e. The third-order valence-electron chi connectivity index (χ3n) is 2.92. The molecule has 1 N–H and O–H groups in total. The number of ether oxygens (including phenoxy) is 1. The highest BCUT2D eigenvalue weighted by atomic mass is 16.5. The normalized spacial score (nSPS) is 16.8. The standard InChI is InChI=1S/C11H15N3O3/c1-14(8-3-6-17-7-4-8)11-12-5-2-9(13-11)10(15)16/h2,5,8H,3-4,6-7H2,1H3,(H,15,16). The van der Waals surface area contributed by atoms with Crippen molar-refractivity contribution in [1.82, 2.24) is 9.97 Å². The molecule has 1 aliphatic rings. The van der Waals surface area contributed by atoms with E-state index < -0.39 is 5.97 Å². The predicted molar refractivity (Wildman–Crippen MR) is 61.2 cm³/mol. The highest BCUT2D eigenvalue weighted by Gasteiger charge is 2.21. The molecule has 1 saturated heterocycles. The number of carboxylic acids is 1. The van der Waals surface area contributed by atoms with Gasteiger partial charge in [-0.1, -0.05) is 0 Å². The molecule has 0 bridgehead atoms. The van der Waals surface area contributed by atoms with Gasteiger partial charge >= 0.3 is 5.97 Å². The van der Waals surface area contributed by atoms with E-state index in [4.69, 9.17) is 9.84 Å². The number of aromatic carboxylic acids is 1. The van der Waals surface area contributed by atoms with Gasteiger partial charge in [-0.05, 0) is 18.9 Å². The molecule has 1 fully saturated rings. The third-order valence-corrected chi connectivity index (χ3v) is 2.92. The molecular weight excluding hydrogens is 222 g/mol. The lowest BCUT2D eigenvalue weighted by atomic mass is 10.1. The first-order chi connectivity index (χ1) is 8.18. The molecule has 0 spiro atoms. The Bertz CT molecular complexity index is 405. The molecule has 6 nitrogen and oxygen atoms in total. The summed E-state index contributed by atoms with van der Waals surface area (Å²) in [4.78, 5) is 20.9. The molecule has 2 rings (SSSR count). The fourth-order valence-corrected chi connectivity index (χ4v) is 1.87. The average molecular weight is 237 g/mol. The van der Waals surface area contributed by atoms with Crippen LogP contribution in [0.1, 0.15) is 23.3 Å².